The molecule has 1 heterocycles. The Morgan fingerprint density at radius 3 is 2.88 bits per heavy atom. The molecule has 0 aromatic rings. The Morgan fingerprint density at radius 2 is 2.29 bits per heavy atom. The summed E-state index contributed by atoms with van der Waals surface area (Å²) in [5, 5.41) is 8.57. The second kappa shape index (κ2) is 6.24. The minimum absolute atomic E-state index is 0.0656. The molecule has 0 spiro atoms. The largest absolute Gasteiger partial charge is 0.447 e. The summed E-state index contributed by atoms with van der Waals surface area (Å²) in [6.07, 6.45) is 1.27. The van der Waals surface area contributed by atoms with Gasteiger partial charge in [0.1, 0.15) is 6.07 Å². The number of rotatable bonds is 3. The van der Waals surface area contributed by atoms with Crippen LogP contribution < -0.4 is 0 Å². The number of carbonyl (C=O) groups excluding carboxylic acids is 2. The first kappa shape index (κ1) is 13.5. The Bertz CT molecular complexity index is 335. The van der Waals surface area contributed by atoms with E-state index in [-0.39, 0.29) is 17.8 Å². The van der Waals surface area contributed by atoms with E-state index in [1.807, 2.05) is 13.0 Å². The van der Waals surface area contributed by atoms with Crippen LogP contribution in [0.25, 0.3) is 0 Å². The van der Waals surface area contributed by atoms with Gasteiger partial charge in [-0.3, -0.25) is 9.59 Å². The second-order valence-corrected chi connectivity index (χ2v) is 4.24. The highest BCUT2D eigenvalue weighted by Crippen LogP contribution is 2.19. The van der Waals surface area contributed by atoms with Crippen LogP contribution in [-0.2, 0) is 14.3 Å². The molecular formula is C12H18N2O3. The number of piperidine rings is 1. The highest BCUT2D eigenvalue weighted by atomic mass is 16.5. The molecule has 0 aliphatic carbocycles. The van der Waals surface area contributed by atoms with Crippen LogP contribution in [0.4, 0.5) is 0 Å². The molecule has 5 heteroatoms. The summed E-state index contributed by atoms with van der Waals surface area (Å²) in [5.74, 6) is -0.585. The summed E-state index contributed by atoms with van der Waals surface area (Å²) < 4.78 is 4.96. The van der Waals surface area contributed by atoms with Crippen LogP contribution in [0, 0.1) is 17.2 Å². The van der Waals surface area contributed by atoms with Gasteiger partial charge in [0, 0.05) is 19.5 Å². The van der Waals surface area contributed by atoms with Crippen LogP contribution in [0.2, 0.25) is 0 Å². The molecule has 1 aliphatic rings. The lowest BCUT2D eigenvalue weighted by Crippen LogP contribution is -2.42. The summed E-state index contributed by atoms with van der Waals surface area (Å²) in [7, 11) is 0. The van der Waals surface area contributed by atoms with Gasteiger partial charge in [-0.2, -0.15) is 5.26 Å². The Labute approximate surface area is 101 Å². The van der Waals surface area contributed by atoms with Crippen LogP contribution in [0.15, 0.2) is 0 Å². The third kappa shape index (κ3) is 3.74. The number of nitrogens with zero attached hydrogens (tertiary/aromatic N) is 2. The quantitative estimate of drug-likeness (QED) is 0.690. The van der Waals surface area contributed by atoms with Gasteiger partial charge >= 0.3 is 5.97 Å². The first-order valence-electron chi connectivity index (χ1n) is 5.96. The molecule has 2 atom stereocenters. The number of nitriles is 1. The third-order valence-electron chi connectivity index (χ3n) is 2.88. The van der Waals surface area contributed by atoms with E-state index in [9.17, 15) is 9.59 Å². The van der Waals surface area contributed by atoms with Gasteiger partial charge in [-0.05, 0) is 19.8 Å². The Morgan fingerprint density at radius 1 is 1.59 bits per heavy atom. The number of amides is 1. The van der Waals surface area contributed by atoms with Gasteiger partial charge in [0.15, 0.2) is 6.10 Å². The number of hydrogen-bond acceptors (Lipinski definition) is 4. The fourth-order valence-electron chi connectivity index (χ4n) is 1.92. The van der Waals surface area contributed by atoms with Crippen molar-refractivity contribution < 1.29 is 14.3 Å². The van der Waals surface area contributed by atoms with Crippen molar-refractivity contribution in [3.8, 4) is 6.07 Å². The van der Waals surface area contributed by atoms with Crippen LogP contribution in [0.1, 0.15) is 33.1 Å². The van der Waals surface area contributed by atoms with Crippen molar-refractivity contribution >= 4 is 11.9 Å². The lowest BCUT2D eigenvalue weighted by atomic mass is 9.98. The summed E-state index contributed by atoms with van der Waals surface area (Å²) in [6, 6.07) is 1.86. The Kier molecular flexibility index (Phi) is 4.95. The first-order chi connectivity index (χ1) is 8.08. The van der Waals surface area contributed by atoms with E-state index in [0.717, 1.165) is 12.8 Å². The fourth-order valence-corrected chi connectivity index (χ4v) is 1.92. The van der Waals surface area contributed by atoms with E-state index >= 15 is 0 Å². The zero-order chi connectivity index (χ0) is 12.8. The maximum atomic E-state index is 11.7. The number of ether oxygens (including phenoxy) is 1. The molecule has 0 aromatic heterocycles. The van der Waals surface area contributed by atoms with Gasteiger partial charge in [0.2, 0.25) is 5.91 Å². The van der Waals surface area contributed by atoms with E-state index in [2.05, 4.69) is 0 Å². The molecule has 0 bridgehead atoms. The number of hydrogen-bond donors (Lipinski definition) is 0. The predicted molar refractivity (Wildman–Crippen MR) is 60.8 cm³/mol. The Balaban J connectivity index is 2.52. The van der Waals surface area contributed by atoms with E-state index < -0.39 is 6.10 Å². The summed E-state index contributed by atoms with van der Waals surface area (Å²) in [4.78, 5) is 24.9. The third-order valence-corrected chi connectivity index (χ3v) is 2.88. The minimum atomic E-state index is -0.722. The minimum Gasteiger partial charge on any atom is -0.447 e. The average molecular weight is 238 g/mol. The maximum Gasteiger partial charge on any atom is 0.312 e. The number of esters is 1. The van der Waals surface area contributed by atoms with E-state index in [4.69, 9.17) is 10.00 Å². The monoisotopic (exact) mass is 238 g/mol. The normalized spacial score (nSPS) is 21.5. The lowest BCUT2D eigenvalue weighted by Gasteiger charge is -2.31. The van der Waals surface area contributed by atoms with E-state index in [0.29, 0.717) is 19.5 Å². The van der Waals surface area contributed by atoms with Crippen molar-refractivity contribution in [2.75, 3.05) is 13.1 Å². The van der Waals surface area contributed by atoms with Gasteiger partial charge in [0.05, 0.1) is 5.92 Å². The van der Waals surface area contributed by atoms with Crippen LogP contribution >= 0.6 is 0 Å². The second-order valence-electron chi connectivity index (χ2n) is 4.24. The molecule has 1 aliphatic heterocycles. The fraction of sp³-hybridized carbons (Fsp3) is 0.750. The zero-order valence-corrected chi connectivity index (χ0v) is 10.3. The van der Waals surface area contributed by atoms with Crippen molar-refractivity contribution in [1.82, 2.24) is 4.90 Å². The summed E-state index contributed by atoms with van der Waals surface area (Å²) in [6.45, 7) is 4.48. The van der Waals surface area contributed by atoms with E-state index in [1.165, 1.54) is 6.92 Å². The predicted octanol–water partition coefficient (Wildman–Crippen LogP) is 1.09. The molecule has 1 amide bonds. The van der Waals surface area contributed by atoms with Crippen LogP contribution in [0.3, 0.4) is 0 Å². The van der Waals surface area contributed by atoms with Gasteiger partial charge in [-0.1, -0.05) is 6.92 Å². The number of carbonyl (C=O) groups is 2. The topological polar surface area (TPSA) is 70.4 Å². The van der Waals surface area contributed by atoms with Crippen molar-refractivity contribution in [2.24, 2.45) is 5.92 Å². The van der Waals surface area contributed by atoms with Crippen LogP contribution in [-0.4, -0.2) is 36.0 Å². The molecule has 1 rings (SSSR count). The van der Waals surface area contributed by atoms with Crippen molar-refractivity contribution in [1.29, 1.82) is 5.26 Å². The molecule has 0 saturated carbocycles. The van der Waals surface area contributed by atoms with E-state index in [1.54, 1.807) is 4.90 Å². The average Bonchev–Trinajstić information content (AvgIpc) is 2.37. The molecule has 0 aromatic carbocycles. The first-order valence-corrected chi connectivity index (χ1v) is 5.96. The van der Waals surface area contributed by atoms with Crippen molar-refractivity contribution in [3.63, 3.8) is 0 Å². The molecule has 1 saturated heterocycles. The van der Waals surface area contributed by atoms with Crippen molar-refractivity contribution in [3.05, 3.63) is 0 Å². The van der Waals surface area contributed by atoms with Crippen molar-refractivity contribution in [2.45, 2.75) is 39.2 Å². The summed E-state index contributed by atoms with van der Waals surface area (Å²) in [5.41, 5.74) is 0. The zero-order valence-electron chi connectivity index (χ0n) is 10.3. The molecule has 0 radical (unpaired) electrons. The van der Waals surface area contributed by atoms with Gasteiger partial charge in [0.25, 0.3) is 0 Å². The van der Waals surface area contributed by atoms with Gasteiger partial charge < -0.3 is 9.64 Å². The molecule has 1 fully saturated rings. The summed E-state index contributed by atoms with van der Waals surface area (Å²) >= 11 is 0. The smallest absolute Gasteiger partial charge is 0.312 e. The van der Waals surface area contributed by atoms with Gasteiger partial charge in [-0.25, -0.2) is 0 Å². The molecule has 17 heavy (non-hydrogen) atoms. The lowest BCUT2D eigenvalue weighted by molar-refractivity contribution is -0.153. The standard InChI is InChI=1S/C12H18N2O3/c1-3-11(15)14-6-4-5-10(8-14)12(16)17-9(2)7-13/h9-10H,3-6,8H2,1-2H3/t9-,10-/m0/s1. The maximum absolute atomic E-state index is 11.7. The SMILES string of the molecule is CCC(=O)N1CCC[C@H](C(=O)O[C@@H](C)C#N)C1. The molecular weight excluding hydrogens is 220 g/mol. The highest BCUT2D eigenvalue weighted by molar-refractivity contribution is 5.78. The number of likely N-dealkylation sites (tertiary alicyclic amines) is 1. The van der Waals surface area contributed by atoms with Crippen LogP contribution in [0.5, 0.6) is 0 Å². The molecule has 94 valence electrons. The molecule has 0 N–H and O–H groups in total. The van der Waals surface area contributed by atoms with Gasteiger partial charge in [-0.15, -0.1) is 0 Å². The highest BCUT2D eigenvalue weighted by Gasteiger charge is 2.29. The molecule has 5 nitrogen and oxygen atoms in total. The Hall–Kier alpha value is -1.57. The molecule has 0 unspecified atom stereocenters.